The Hall–Kier alpha value is -2.62. The van der Waals surface area contributed by atoms with E-state index in [1.54, 1.807) is 6.07 Å². The molecule has 0 radical (unpaired) electrons. The number of hydrogen-bond donors (Lipinski definition) is 3. The van der Waals surface area contributed by atoms with Crippen LogP contribution in [0.15, 0.2) is 30.3 Å². The number of nitrogens with one attached hydrogen (secondary N) is 3. The zero-order valence-electron chi connectivity index (χ0n) is 14.6. The van der Waals surface area contributed by atoms with Crippen LogP contribution in [-0.2, 0) is 4.79 Å². The van der Waals surface area contributed by atoms with Crippen molar-refractivity contribution in [3.8, 4) is 11.8 Å². The lowest BCUT2D eigenvalue weighted by Gasteiger charge is -2.23. The van der Waals surface area contributed by atoms with Crippen LogP contribution in [0, 0.1) is 18.8 Å². The molecule has 0 spiro atoms. The van der Waals surface area contributed by atoms with Crippen LogP contribution in [0.5, 0.6) is 0 Å². The van der Waals surface area contributed by atoms with E-state index in [9.17, 15) is 9.59 Å². The van der Waals surface area contributed by atoms with Gasteiger partial charge in [-0.15, -0.1) is 11.3 Å². The van der Waals surface area contributed by atoms with Crippen molar-refractivity contribution < 1.29 is 9.59 Å². The molecule has 5 nitrogen and oxygen atoms in total. The zero-order chi connectivity index (χ0) is 18.4. The predicted molar refractivity (Wildman–Crippen MR) is 105 cm³/mol. The molecule has 2 aromatic rings. The lowest BCUT2D eigenvalue weighted by molar-refractivity contribution is -0.105. The van der Waals surface area contributed by atoms with Gasteiger partial charge in [-0.1, -0.05) is 24.0 Å². The summed E-state index contributed by atoms with van der Waals surface area (Å²) in [7, 11) is 0. The highest BCUT2D eigenvalue weighted by Gasteiger charge is 2.20. The molecule has 3 N–H and O–H groups in total. The van der Waals surface area contributed by atoms with Crippen LogP contribution in [0.3, 0.4) is 0 Å². The van der Waals surface area contributed by atoms with Crippen molar-refractivity contribution in [2.45, 2.75) is 25.8 Å². The number of piperidine rings is 1. The van der Waals surface area contributed by atoms with Gasteiger partial charge in [0.05, 0.1) is 10.6 Å². The van der Waals surface area contributed by atoms with Crippen LogP contribution in [-0.4, -0.2) is 31.4 Å². The van der Waals surface area contributed by atoms with Gasteiger partial charge >= 0.3 is 0 Å². The van der Waals surface area contributed by atoms with Gasteiger partial charge in [-0.05, 0) is 50.1 Å². The molecule has 1 aliphatic rings. The van der Waals surface area contributed by atoms with E-state index in [1.807, 2.05) is 31.2 Å². The fourth-order valence-corrected chi connectivity index (χ4v) is 3.75. The second-order valence-corrected chi connectivity index (χ2v) is 7.30. The molecule has 26 heavy (non-hydrogen) atoms. The fraction of sp³-hybridized carbons (Fsp3) is 0.300. The fourth-order valence-electron chi connectivity index (χ4n) is 2.87. The normalized spacial score (nSPS) is 16.3. The summed E-state index contributed by atoms with van der Waals surface area (Å²) in [5.74, 6) is 6.02. The third-order valence-electron chi connectivity index (χ3n) is 4.13. The molecule has 0 unspecified atom stereocenters. The maximum Gasteiger partial charge on any atom is 0.263 e. The molecule has 2 amide bonds. The minimum Gasteiger partial charge on any atom is -0.347 e. The third kappa shape index (κ3) is 4.72. The highest BCUT2D eigenvalue weighted by molar-refractivity contribution is 7.15. The van der Waals surface area contributed by atoms with Crippen molar-refractivity contribution in [1.29, 1.82) is 0 Å². The number of anilines is 1. The second-order valence-electron chi connectivity index (χ2n) is 6.25. The van der Waals surface area contributed by atoms with Crippen LogP contribution < -0.4 is 16.0 Å². The Kier molecular flexibility index (Phi) is 6.05. The molecule has 1 saturated heterocycles. The first-order valence-corrected chi connectivity index (χ1v) is 9.41. The van der Waals surface area contributed by atoms with E-state index < -0.39 is 0 Å². The molecule has 134 valence electrons. The highest BCUT2D eigenvalue weighted by Crippen LogP contribution is 2.27. The van der Waals surface area contributed by atoms with Crippen LogP contribution in [0.1, 0.15) is 38.5 Å². The molecule has 0 saturated carbocycles. The van der Waals surface area contributed by atoms with Gasteiger partial charge in [-0.3, -0.25) is 9.59 Å². The van der Waals surface area contributed by atoms with Gasteiger partial charge in [0.25, 0.3) is 5.91 Å². The topological polar surface area (TPSA) is 70.2 Å². The molecule has 1 atom stereocenters. The summed E-state index contributed by atoms with van der Waals surface area (Å²) < 4.78 is 0. The smallest absolute Gasteiger partial charge is 0.263 e. The Bertz CT molecular complexity index is 857. The van der Waals surface area contributed by atoms with Gasteiger partial charge in [0.15, 0.2) is 0 Å². The molecule has 6 heteroatoms. The Balaban J connectivity index is 1.79. The van der Waals surface area contributed by atoms with Gasteiger partial charge in [0.2, 0.25) is 6.41 Å². The van der Waals surface area contributed by atoms with E-state index >= 15 is 0 Å². The van der Waals surface area contributed by atoms with Crippen molar-refractivity contribution >= 4 is 29.3 Å². The number of carbonyl (C=O) groups is 2. The number of benzene rings is 1. The van der Waals surface area contributed by atoms with Crippen molar-refractivity contribution in [3.05, 3.63) is 51.2 Å². The third-order valence-corrected chi connectivity index (χ3v) is 5.18. The molecule has 0 aliphatic carbocycles. The first-order valence-electron chi connectivity index (χ1n) is 8.60. The average Bonchev–Trinajstić information content (AvgIpc) is 3.04. The van der Waals surface area contributed by atoms with E-state index in [0.29, 0.717) is 17.0 Å². The largest absolute Gasteiger partial charge is 0.347 e. The maximum atomic E-state index is 12.6. The van der Waals surface area contributed by atoms with E-state index in [1.165, 1.54) is 11.3 Å². The van der Waals surface area contributed by atoms with Gasteiger partial charge in [0, 0.05) is 18.2 Å². The molecule has 0 bridgehead atoms. The predicted octanol–water partition coefficient (Wildman–Crippen LogP) is 2.51. The molecular weight excluding hydrogens is 346 g/mol. The Morgan fingerprint density at radius 1 is 1.35 bits per heavy atom. The van der Waals surface area contributed by atoms with Crippen LogP contribution in [0.4, 0.5) is 5.69 Å². The van der Waals surface area contributed by atoms with Crippen molar-refractivity contribution in [3.63, 3.8) is 0 Å². The van der Waals surface area contributed by atoms with Crippen LogP contribution in [0.25, 0.3) is 0 Å². The molecule has 1 fully saturated rings. The van der Waals surface area contributed by atoms with Gasteiger partial charge in [0.1, 0.15) is 4.88 Å². The first kappa shape index (κ1) is 18.2. The van der Waals surface area contributed by atoms with E-state index in [-0.39, 0.29) is 11.9 Å². The summed E-state index contributed by atoms with van der Waals surface area (Å²) in [5.41, 5.74) is 2.56. The SMILES string of the molecule is Cc1cccc(C#Cc2cc(NC=O)c(C(=O)N[C@H]3CCCNC3)s2)c1. The quantitative estimate of drug-likeness (QED) is 0.574. The monoisotopic (exact) mass is 367 g/mol. The minimum atomic E-state index is -0.170. The van der Waals surface area contributed by atoms with Crippen LogP contribution in [0.2, 0.25) is 0 Å². The molecule has 1 aromatic carbocycles. The van der Waals surface area contributed by atoms with E-state index in [4.69, 9.17) is 0 Å². The average molecular weight is 367 g/mol. The summed E-state index contributed by atoms with van der Waals surface area (Å²) in [4.78, 5) is 24.7. The molecule has 3 rings (SSSR count). The number of aryl methyl sites for hydroxylation is 1. The molecule has 2 heterocycles. The minimum absolute atomic E-state index is 0.115. The van der Waals surface area contributed by atoms with E-state index in [0.717, 1.165) is 41.9 Å². The first-order chi connectivity index (χ1) is 12.7. The summed E-state index contributed by atoms with van der Waals surface area (Å²) in [5, 5.41) is 8.92. The van der Waals surface area contributed by atoms with Gasteiger partial charge in [-0.25, -0.2) is 0 Å². The Morgan fingerprint density at radius 2 is 2.23 bits per heavy atom. The van der Waals surface area contributed by atoms with Crippen molar-refractivity contribution in [1.82, 2.24) is 10.6 Å². The molecule has 1 aliphatic heterocycles. The number of amides is 2. The van der Waals surface area contributed by atoms with Crippen LogP contribution >= 0.6 is 11.3 Å². The zero-order valence-corrected chi connectivity index (χ0v) is 15.4. The maximum absolute atomic E-state index is 12.6. The highest BCUT2D eigenvalue weighted by atomic mass is 32.1. The summed E-state index contributed by atoms with van der Waals surface area (Å²) in [6.45, 7) is 3.78. The Labute approximate surface area is 157 Å². The lowest BCUT2D eigenvalue weighted by Crippen LogP contribution is -2.45. The standard InChI is InChI=1S/C20H21N3O2S/c1-14-4-2-5-15(10-14)7-8-17-11-18(22-13-24)19(26-17)20(25)23-16-6-3-9-21-12-16/h2,4-5,10-11,13,16,21H,3,6,9,12H2,1H3,(H,22,24)(H,23,25)/t16-/m0/s1. The molecular formula is C20H21N3O2S. The molecule has 1 aromatic heterocycles. The van der Waals surface area contributed by atoms with E-state index in [2.05, 4.69) is 27.8 Å². The summed E-state index contributed by atoms with van der Waals surface area (Å²) >= 11 is 1.29. The summed E-state index contributed by atoms with van der Waals surface area (Å²) in [6, 6.07) is 9.80. The van der Waals surface area contributed by atoms with Gasteiger partial charge in [-0.2, -0.15) is 0 Å². The number of rotatable bonds is 4. The van der Waals surface area contributed by atoms with Crippen molar-refractivity contribution in [2.24, 2.45) is 0 Å². The van der Waals surface area contributed by atoms with Gasteiger partial charge < -0.3 is 16.0 Å². The number of carbonyl (C=O) groups excluding carboxylic acids is 2. The number of hydrogen-bond acceptors (Lipinski definition) is 4. The summed E-state index contributed by atoms with van der Waals surface area (Å²) in [6.07, 6.45) is 2.58. The number of thiophene rings is 1. The second kappa shape index (κ2) is 8.65. The Morgan fingerprint density at radius 3 is 2.96 bits per heavy atom. The lowest BCUT2D eigenvalue weighted by atomic mass is 10.1. The van der Waals surface area contributed by atoms with Crippen molar-refractivity contribution in [2.75, 3.05) is 18.4 Å².